The van der Waals surface area contributed by atoms with Gasteiger partial charge >= 0.3 is 0 Å². The quantitative estimate of drug-likeness (QED) is 0.482. The van der Waals surface area contributed by atoms with Gasteiger partial charge in [-0.05, 0) is 18.6 Å². The van der Waals surface area contributed by atoms with Crippen LogP contribution in [0.4, 0.5) is 0 Å². The van der Waals surface area contributed by atoms with Crippen molar-refractivity contribution in [3.8, 4) is 0 Å². The second kappa shape index (κ2) is 5.81. The zero-order chi connectivity index (χ0) is 11.9. The third kappa shape index (κ3) is 2.57. The summed E-state index contributed by atoms with van der Waals surface area (Å²) in [5, 5.41) is 0. The van der Waals surface area contributed by atoms with Crippen molar-refractivity contribution >= 4 is 82.3 Å². The molecule has 0 unspecified atom stereocenters. The molecule has 96 valence electrons. The molecule has 4 heterocycles. The van der Waals surface area contributed by atoms with Crippen LogP contribution < -0.4 is 0 Å². The molecule has 4 aliphatic rings. The summed E-state index contributed by atoms with van der Waals surface area (Å²) in [5.74, 6) is 3.88. The average molecular weight is 367 g/mol. The lowest BCUT2D eigenvalue weighted by atomic mass is 10.3. The number of allylic oxidation sites excluding steroid dienone is 1. The first-order valence-corrected chi connectivity index (χ1v) is 11.9. The topological polar surface area (TPSA) is 0 Å². The fourth-order valence-electron chi connectivity index (χ4n) is 1.86. The molecular weight excluding hydrogens is 357 g/mol. The third-order valence-electron chi connectivity index (χ3n) is 2.66. The Hall–Kier alpha value is 1.67. The first-order chi connectivity index (χ1) is 8.90. The van der Waals surface area contributed by atoms with Gasteiger partial charge in [-0.3, -0.25) is 0 Å². The summed E-state index contributed by atoms with van der Waals surface area (Å²) in [7, 11) is 0. The summed E-state index contributed by atoms with van der Waals surface area (Å²) in [5.41, 5.74) is 0. The smallest absolute Gasteiger partial charge is 0.0717 e. The molecule has 0 aromatic rings. The van der Waals surface area contributed by atoms with Gasteiger partial charge in [0, 0.05) is 16.4 Å². The van der Waals surface area contributed by atoms with Crippen LogP contribution in [0.25, 0.3) is 0 Å². The van der Waals surface area contributed by atoms with Gasteiger partial charge < -0.3 is 0 Å². The zero-order valence-corrected chi connectivity index (χ0v) is 15.1. The molecule has 0 fully saturated rings. The van der Waals surface area contributed by atoms with Gasteiger partial charge in [0.1, 0.15) is 0 Å². The van der Waals surface area contributed by atoms with E-state index in [1.165, 1.54) is 30.1 Å². The van der Waals surface area contributed by atoms with Crippen molar-refractivity contribution in [2.45, 2.75) is 12.8 Å². The van der Waals surface area contributed by atoms with E-state index in [1.807, 2.05) is 35.3 Å². The van der Waals surface area contributed by atoms with E-state index in [2.05, 4.69) is 47.0 Å². The first kappa shape index (κ1) is 13.3. The predicted octanol–water partition coefficient (Wildman–Crippen LogP) is 6.38. The Morgan fingerprint density at radius 2 is 1.17 bits per heavy atom. The molecule has 0 aliphatic carbocycles. The van der Waals surface area contributed by atoms with Crippen molar-refractivity contribution in [3.05, 3.63) is 26.1 Å². The van der Waals surface area contributed by atoms with E-state index >= 15 is 0 Å². The summed E-state index contributed by atoms with van der Waals surface area (Å²) in [4.78, 5) is 1.64. The highest BCUT2D eigenvalue weighted by Crippen LogP contribution is 2.66. The monoisotopic (exact) mass is 366 g/mol. The standard InChI is InChI=1S/C11H10S7/c1-2-6-7(12-3-1)16-10(15-6)11-17-8-9(18-11)14-5-4-13-8/h1-5H2. The van der Waals surface area contributed by atoms with Crippen LogP contribution in [0.3, 0.4) is 0 Å². The highest BCUT2D eigenvalue weighted by molar-refractivity contribution is 8.43. The number of hydrogen-bond donors (Lipinski definition) is 0. The molecule has 0 aromatic carbocycles. The molecule has 18 heavy (non-hydrogen) atoms. The minimum Gasteiger partial charge on any atom is -0.118 e. The second-order valence-corrected chi connectivity index (χ2v) is 12.7. The minimum atomic E-state index is 1.28. The van der Waals surface area contributed by atoms with Gasteiger partial charge in [-0.2, -0.15) is 0 Å². The van der Waals surface area contributed by atoms with E-state index in [4.69, 9.17) is 0 Å². The summed E-state index contributed by atoms with van der Waals surface area (Å²) < 4.78 is 7.84. The average Bonchev–Trinajstić information content (AvgIpc) is 3.02. The largest absolute Gasteiger partial charge is 0.118 e. The Morgan fingerprint density at radius 3 is 1.89 bits per heavy atom. The highest BCUT2D eigenvalue weighted by atomic mass is 32.3. The lowest BCUT2D eigenvalue weighted by Gasteiger charge is -2.09. The van der Waals surface area contributed by atoms with Crippen LogP contribution in [-0.2, 0) is 0 Å². The highest BCUT2D eigenvalue weighted by Gasteiger charge is 2.32. The summed E-state index contributed by atoms with van der Waals surface area (Å²) in [6.07, 6.45) is 2.67. The lowest BCUT2D eigenvalue weighted by Crippen LogP contribution is -1.88. The van der Waals surface area contributed by atoms with E-state index in [9.17, 15) is 0 Å². The molecule has 0 N–H and O–H groups in total. The van der Waals surface area contributed by atoms with E-state index in [0.29, 0.717) is 0 Å². The fraction of sp³-hybridized carbons (Fsp3) is 0.455. The fourth-order valence-corrected chi connectivity index (χ4v) is 12.5. The third-order valence-corrected chi connectivity index (χ3v) is 13.2. The van der Waals surface area contributed by atoms with Crippen LogP contribution in [0.15, 0.2) is 26.1 Å². The maximum Gasteiger partial charge on any atom is 0.0717 e. The number of hydrogen-bond acceptors (Lipinski definition) is 7. The number of rotatable bonds is 0. The van der Waals surface area contributed by atoms with Gasteiger partial charge in [0.25, 0.3) is 0 Å². The Bertz CT molecular complexity index is 404. The van der Waals surface area contributed by atoms with Crippen molar-refractivity contribution in [3.63, 3.8) is 0 Å². The maximum atomic E-state index is 2.07. The van der Waals surface area contributed by atoms with Crippen LogP contribution in [0.1, 0.15) is 12.8 Å². The van der Waals surface area contributed by atoms with E-state index in [-0.39, 0.29) is 0 Å². The molecule has 0 bridgehead atoms. The minimum absolute atomic E-state index is 1.28. The van der Waals surface area contributed by atoms with Gasteiger partial charge in [-0.25, -0.2) is 0 Å². The van der Waals surface area contributed by atoms with Crippen molar-refractivity contribution in [1.29, 1.82) is 0 Å². The second-order valence-electron chi connectivity index (χ2n) is 3.92. The molecule has 0 amide bonds. The van der Waals surface area contributed by atoms with Crippen molar-refractivity contribution < 1.29 is 0 Å². The van der Waals surface area contributed by atoms with Gasteiger partial charge in [0.15, 0.2) is 0 Å². The molecule has 0 spiro atoms. The Balaban J connectivity index is 1.54. The van der Waals surface area contributed by atoms with Crippen molar-refractivity contribution in [2.24, 2.45) is 0 Å². The molecular formula is C11H10S7. The van der Waals surface area contributed by atoms with E-state index in [1.54, 1.807) is 26.1 Å². The Morgan fingerprint density at radius 1 is 0.556 bits per heavy atom. The molecule has 0 radical (unpaired) electrons. The Labute approximate surface area is 137 Å². The molecule has 0 saturated heterocycles. The normalized spacial score (nSPS) is 28.0. The summed E-state index contributed by atoms with van der Waals surface area (Å²) in [6.45, 7) is 0. The molecule has 0 saturated carbocycles. The first-order valence-electron chi connectivity index (χ1n) is 5.71. The molecule has 0 nitrogen and oxygen atoms in total. The van der Waals surface area contributed by atoms with Gasteiger partial charge in [-0.1, -0.05) is 47.0 Å². The Kier molecular flexibility index (Phi) is 4.31. The van der Waals surface area contributed by atoms with E-state index < -0.39 is 0 Å². The maximum absolute atomic E-state index is 2.07. The molecule has 0 aromatic heterocycles. The predicted molar refractivity (Wildman–Crippen MR) is 98.0 cm³/mol. The van der Waals surface area contributed by atoms with Crippen LogP contribution >= 0.6 is 82.3 Å². The van der Waals surface area contributed by atoms with E-state index in [0.717, 1.165) is 0 Å². The molecule has 4 aliphatic heterocycles. The van der Waals surface area contributed by atoms with Crippen LogP contribution in [-0.4, -0.2) is 17.3 Å². The zero-order valence-electron chi connectivity index (χ0n) is 9.39. The van der Waals surface area contributed by atoms with Crippen LogP contribution in [0, 0.1) is 0 Å². The summed E-state index contributed by atoms with van der Waals surface area (Å²) in [6, 6.07) is 0. The molecule has 0 atom stereocenters. The lowest BCUT2D eigenvalue weighted by molar-refractivity contribution is 0.954. The van der Waals surface area contributed by atoms with Gasteiger partial charge in [0.05, 0.1) is 21.2 Å². The SMILES string of the molecule is C1CSC2=C(C1)SC(=C1SC3=C(SCCS3)S1)S2. The number of thioether (sulfide) groups is 7. The molecule has 4 rings (SSSR count). The van der Waals surface area contributed by atoms with Crippen LogP contribution in [0.5, 0.6) is 0 Å². The summed E-state index contributed by atoms with van der Waals surface area (Å²) >= 11 is 14.3. The van der Waals surface area contributed by atoms with Crippen LogP contribution in [0.2, 0.25) is 0 Å². The van der Waals surface area contributed by atoms with Gasteiger partial charge in [-0.15, -0.1) is 35.3 Å². The van der Waals surface area contributed by atoms with Gasteiger partial charge in [0.2, 0.25) is 0 Å². The van der Waals surface area contributed by atoms with Crippen molar-refractivity contribution in [2.75, 3.05) is 17.3 Å². The molecule has 7 heteroatoms. The van der Waals surface area contributed by atoms with Crippen molar-refractivity contribution in [1.82, 2.24) is 0 Å².